The molecule has 0 radical (unpaired) electrons. The average molecular weight is 1170 g/mol. The summed E-state index contributed by atoms with van der Waals surface area (Å²) >= 11 is 0. The first-order valence-corrected chi connectivity index (χ1v) is 29.2. The lowest BCUT2D eigenvalue weighted by Gasteiger charge is -2.34. The van der Waals surface area contributed by atoms with Gasteiger partial charge in [-0.2, -0.15) is 56.3 Å². The maximum absolute atomic E-state index is 14.1. The molecule has 0 saturated heterocycles. The SMILES string of the molecule is CON(OS(=O)(=O)C(F)(F)F)S(=O)(=O)CCCC1(CCCS(=O)(=O)N(OC)S(=O)(=O)C(F)(F)F)c2cc(-c3ccc(N(c4ccc(C(C)(C)C)cc4)c4cccc(C(F)(F)F)c4)cc3)ccc2-c2ccc(C(C)(C)C)cc21. The summed E-state index contributed by atoms with van der Waals surface area (Å²) < 4.78 is 227. The number of benzene rings is 5. The normalized spacial score (nSPS) is 16.0. The second kappa shape index (κ2) is 21.5. The first kappa shape index (κ1) is 61.1. The highest BCUT2D eigenvalue weighted by Crippen LogP contribution is 2.56. The van der Waals surface area contributed by atoms with Crippen LogP contribution in [0.25, 0.3) is 22.3 Å². The van der Waals surface area contributed by atoms with Gasteiger partial charge in [-0.3, -0.25) is 9.68 Å². The summed E-state index contributed by atoms with van der Waals surface area (Å²) in [5, 5.41) is 0. The Morgan fingerprint density at radius 2 is 0.974 bits per heavy atom. The van der Waals surface area contributed by atoms with E-state index in [9.17, 15) is 73.2 Å². The number of fused-ring (bicyclic) bond motifs is 3. The topological polar surface area (TPSA) is 174 Å². The molecule has 6 rings (SSSR count). The minimum Gasteiger partial charge on any atom is -0.310 e. The van der Waals surface area contributed by atoms with Crippen LogP contribution in [-0.4, -0.2) is 78.9 Å². The van der Waals surface area contributed by atoms with Gasteiger partial charge in [0.2, 0.25) is 10.0 Å². The smallest absolute Gasteiger partial charge is 0.310 e. The van der Waals surface area contributed by atoms with Crippen molar-refractivity contribution in [2.24, 2.45) is 0 Å². The van der Waals surface area contributed by atoms with Gasteiger partial charge < -0.3 is 4.90 Å². The van der Waals surface area contributed by atoms with E-state index in [2.05, 4.69) is 14.0 Å². The number of sulfonamides is 3. The van der Waals surface area contributed by atoms with Gasteiger partial charge in [-0.25, -0.2) is 16.8 Å². The predicted molar refractivity (Wildman–Crippen MR) is 270 cm³/mol. The van der Waals surface area contributed by atoms with Crippen LogP contribution >= 0.6 is 0 Å². The fourth-order valence-electron chi connectivity index (χ4n) is 9.01. The Morgan fingerprint density at radius 1 is 0.494 bits per heavy atom. The van der Waals surface area contributed by atoms with Gasteiger partial charge in [-0.05, 0) is 130 Å². The Kier molecular flexibility index (Phi) is 17.1. The highest BCUT2D eigenvalue weighted by molar-refractivity contribution is 8.04. The van der Waals surface area contributed by atoms with Crippen molar-refractivity contribution >= 4 is 57.3 Å². The largest absolute Gasteiger partial charge is 0.524 e. The van der Waals surface area contributed by atoms with E-state index in [4.69, 9.17) is 0 Å². The molecule has 0 saturated carbocycles. The van der Waals surface area contributed by atoms with Gasteiger partial charge in [0, 0.05) is 26.4 Å². The summed E-state index contributed by atoms with van der Waals surface area (Å²) in [6, 6.07) is 29.2. The van der Waals surface area contributed by atoms with Crippen LogP contribution in [0.15, 0.2) is 109 Å². The summed E-state index contributed by atoms with van der Waals surface area (Å²) in [7, 11) is -23.0. The van der Waals surface area contributed by atoms with E-state index in [-0.39, 0.29) is 23.9 Å². The van der Waals surface area contributed by atoms with Crippen molar-refractivity contribution in [1.29, 1.82) is 0 Å². The molecule has 27 heteroatoms. The molecule has 1 aliphatic rings. The molecular formula is C50H54F9N3O11S4. The molecule has 0 bridgehead atoms. The standard InChI is InChI=1S/C50H54F9N3O11S4/c1-45(2,3)35-17-22-39(23-18-35)60(40-13-9-12-37(31-40)48(51,52)53)38-20-14-33(15-21-38)34-16-24-41-42-25-19-36(46(4,5)6)32-44(42)47(43(41)30-34,27-11-29-75(65,66)62(72-8)76(67,68)49(54,55)56)26-10-28-74(63,64)61(71-7)73-77(69,70)50(57,58)59/h9,12-25,30-32H,10-11,26-29H2,1-8H3. The second-order valence-electron chi connectivity index (χ2n) is 20.1. The number of hydrogen-bond donors (Lipinski definition) is 0. The maximum Gasteiger partial charge on any atom is 0.524 e. The minimum absolute atomic E-state index is 0.182. The van der Waals surface area contributed by atoms with Crippen molar-refractivity contribution in [3.05, 3.63) is 137 Å². The Labute approximate surface area is 441 Å². The Bertz CT molecular complexity index is 3440. The third-order valence-electron chi connectivity index (χ3n) is 12.8. The van der Waals surface area contributed by atoms with Crippen molar-refractivity contribution in [1.82, 2.24) is 8.51 Å². The van der Waals surface area contributed by atoms with Crippen LogP contribution in [-0.2, 0) is 76.6 Å². The van der Waals surface area contributed by atoms with E-state index in [1.54, 1.807) is 77.7 Å². The van der Waals surface area contributed by atoms with Crippen LogP contribution < -0.4 is 4.90 Å². The molecule has 5 aromatic rings. The molecule has 0 fully saturated rings. The molecule has 1 atom stereocenters. The van der Waals surface area contributed by atoms with E-state index in [0.29, 0.717) is 64.5 Å². The van der Waals surface area contributed by atoms with Gasteiger partial charge in [-0.1, -0.05) is 102 Å². The van der Waals surface area contributed by atoms with Gasteiger partial charge in [0.25, 0.3) is 10.0 Å². The van der Waals surface area contributed by atoms with Gasteiger partial charge >= 0.3 is 37.3 Å². The van der Waals surface area contributed by atoms with Crippen LogP contribution in [0.3, 0.4) is 0 Å². The molecule has 0 aliphatic heterocycles. The minimum atomic E-state index is -6.62. The highest BCUT2D eigenvalue weighted by atomic mass is 32.3. The predicted octanol–water partition coefficient (Wildman–Crippen LogP) is 12.3. The van der Waals surface area contributed by atoms with E-state index in [1.165, 1.54) is 12.1 Å². The third kappa shape index (κ3) is 12.8. The first-order valence-electron chi connectivity index (χ1n) is 23.2. The fourth-order valence-corrected chi connectivity index (χ4v) is 13.7. The number of anilines is 3. The molecule has 1 unspecified atom stereocenters. The lowest BCUT2D eigenvalue weighted by molar-refractivity contribution is -0.230. The summed E-state index contributed by atoms with van der Waals surface area (Å²) in [6.45, 7) is 11.6. The zero-order valence-electron chi connectivity index (χ0n) is 42.5. The van der Waals surface area contributed by atoms with E-state index >= 15 is 0 Å². The molecule has 0 aromatic heterocycles. The van der Waals surface area contributed by atoms with Crippen LogP contribution in [0, 0.1) is 0 Å². The lowest BCUT2D eigenvalue weighted by atomic mass is 9.70. The van der Waals surface area contributed by atoms with Crippen molar-refractivity contribution in [2.45, 2.75) is 101 Å². The van der Waals surface area contributed by atoms with Gasteiger partial charge in [0.05, 0.1) is 35.9 Å². The quantitative estimate of drug-likeness (QED) is 0.0435. The second-order valence-corrected chi connectivity index (χ2v) is 27.3. The number of halogens is 9. The first-order chi connectivity index (χ1) is 35.2. The molecule has 0 N–H and O–H groups in total. The van der Waals surface area contributed by atoms with E-state index in [1.807, 2.05) is 53.7 Å². The summed E-state index contributed by atoms with van der Waals surface area (Å²) in [6.07, 6.45) is -6.58. The summed E-state index contributed by atoms with van der Waals surface area (Å²) in [4.78, 5) is 10.3. The Morgan fingerprint density at radius 3 is 1.45 bits per heavy atom. The van der Waals surface area contributed by atoms with Crippen molar-refractivity contribution in [2.75, 3.05) is 30.6 Å². The Balaban J connectivity index is 1.50. The summed E-state index contributed by atoms with van der Waals surface area (Å²) in [5.74, 6) is -2.45. The number of alkyl halides is 9. The molecule has 14 nitrogen and oxygen atoms in total. The van der Waals surface area contributed by atoms with Crippen LogP contribution in [0.4, 0.5) is 56.6 Å². The number of hydrogen-bond acceptors (Lipinski definition) is 12. The molecular weight excluding hydrogens is 1120 g/mol. The number of rotatable bonds is 19. The third-order valence-corrected chi connectivity index (χ3v) is 19.1. The fraction of sp³-hybridized carbons (Fsp3) is 0.400. The Hall–Kier alpha value is -5.13. The zero-order valence-corrected chi connectivity index (χ0v) is 45.8. The van der Waals surface area contributed by atoms with Crippen LogP contribution in [0.2, 0.25) is 0 Å². The number of nitrogens with zero attached hydrogens (tertiary/aromatic N) is 3. The van der Waals surface area contributed by atoms with Gasteiger partial charge in [-0.15, -0.1) is 4.28 Å². The zero-order chi connectivity index (χ0) is 57.8. The van der Waals surface area contributed by atoms with E-state index < -0.39 is 107 Å². The lowest BCUT2D eigenvalue weighted by Crippen LogP contribution is -2.44. The summed E-state index contributed by atoms with van der Waals surface area (Å²) in [5.41, 5.74) is -9.81. The van der Waals surface area contributed by atoms with Crippen molar-refractivity contribution in [3.8, 4) is 22.3 Å². The van der Waals surface area contributed by atoms with Gasteiger partial charge in [0.15, 0.2) is 0 Å². The van der Waals surface area contributed by atoms with Gasteiger partial charge in [0.1, 0.15) is 0 Å². The molecule has 0 spiro atoms. The van der Waals surface area contributed by atoms with Crippen molar-refractivity contribution < 1.29 is 87.1 Å². The monoisotopic (exact) mass is 1170 g/mol. The molecule has 0 amide bonds. The molecule has 5 aromatic carbocycles. The molecule has 1 aliphatic carbocycles. The van der Waals surface area contributed by atoms with Crippen molar-refractivity contribution in [3.63, 3.8) is 0 Å². The van der Waals surface area contributed by atoms with E-state index in [0.717, 1.165) is 17.7 Å². The van der Waals surface area contributed by atoms with Crippen LogP contribution in [0.5, 0.6) is 0 Å². The van der Waals surface area contributed by atoms with Crippen LogP contribution in [0.1, 0.15) is 95.0 Å². The molecule has 0 heterocycles. The molecule has 77 heavy (non-hydrogen) atoms. The highest BCUT2D eigenvalue weighted by Gasteiger charge is 2.56. The average Bonchev–Trinajstić information content (AvgIpc) is 3.57. The maximum atomic E-state index is 14.1. The molecule has 422 valence electrons.